The fourth-order valence-corrected chi connectivity index (χ4v) is 1.39. The molecule has 0 unspecified atom stereocenters. The predicted octanol–water partition coefficient (Wildman–Crippen LogP) is 0.357. The van der Waals surface area contributed by atoms with E-state index < -0.39 is 10.1 Å². The van der Waals surface area contributed by atoms with E-state index >= 15 is 0 Å². The molecular weight excluding hydrogens is 282 g/mol. The lowest BCUT2D eigenvalue weighted by atomic mass is 10.2. The zero-order valence-electron chi connectivity index (χ0n) is 12.1. The van der Waals surface area contributed by atoms with E-state index in [1.807, 2.05) is 0 Å². The second-order valence-electron chi connectivity index (χ2n) is 4.97. The highest BCUT2D eigenvalue weighted by Gasteiger charge is 2.20. The van der Waals surface area contributed by atoms with E-state index in [2.05, 4.69) is 10.3 Å². The van der Waals surface area contributed by atoms with Crippen molar-refractivity contribution in [3.63, 3.8) is 0 Å². The number of aliphatic imine (C=N–C) groups is 1. The lowest BCUT2D eigenvalue weighted by Crippen LogP contribution is -2.32. The molecule has 0 heterocycles. The molecular formula is C12H27N3O4S. The normalized spacial score (nSPS) is 15.4. The molecule has 0 bridgehead atoms. The summed E-state index contributed by atoms with van der Waals surface area (Å²) in [5.74, 6) is 1.39. The summed E-state index contributed by atoms with van der Waals surface area (Å²) in [6.07, 6.45) is 7.59. The van der Waals surface area contributed by atoms with E-state index in [0.29, 0.717) is 18.8 Å². The fraction of sp³-hybridized carbons (Fsp3) is 0.917. The Hall–Kier alpha value is -0.860. The van der Waals surface area contributed by atoms with Crippen LogP contribution in [0.2, 0.25) is 0 Å². The van der Waals surface area contributed by atoms with Gasteiger partial charge in [-0.15, -0.1) is 0 Å². The molecule has 7 nitrogen and oxygen atoms in total. The van der Waals surface area contributed by atoms with Gasteiger partial charge in [-0.3, -0.25) is 9.55 Å². The third-order valence-corrected chi connectivity index (χ3v) is 2.61. The van der Waals surface area contributed by atoms with Crippen molar-refractivity contribution in [1.29, 1.82) is 0 Å². The van der Waals surface area contributed by atoms with Crippen LogP contribution in [-0.4, -0.2) is 50.0 Å². The predicted molar refractivity (Wildman–Crippen MR) is 80.2 cm³/mol. The number of guanidine groups is 1. The van der Waals surface area contributed by atoms with Gasteiger partial charge in [0.05, 0.1) is 6.26 Å². The van der Waals surface area contributed by atoms with Crippen LogP contribution >= 0.6 is 0 Å². The number of hydrogen-bond acceptors (Lipinski definition) is 4. The van der Waals surface area contributed by atoms with Crippen LogP contribution in [0, 0.1) is 5.92 Å². The van der Waals surface area contributed by atoms with E-state index in [9.17, 15) is 8.42 Å². The highest BCUT2D eigenvalue weighted by molar-refractivity contribution is 7.85. The van der Waals surface area contributed by atoms with E-state index in [1.165, 1.54) is 12.8 Å². The Labute approximate surface area is 121 Å². The van der Waals surface area contributed by atoms with Crippen molar-refractivity contribution < 1.29 is 18.1 Å². The first-order valence-electron chi connectivity index (χ1n) is 6.90. The molecule has 5 N–H and O–H groups in total. The second kappa shape index (κ2) is 10.9. The number of nitrogens with two attached hydrogens (primary N) is 1. The number of rotatable bonds is 8. The third kappa shape index (κ3) is 19.5. The van der Waals surface area contributed by atoms with E-state index in [0.717, 1.165) is 44.7 Å². The molecule has 0 aliphatic heterocycles. The van der Waals surface area contributed by atoms with Crippen molar-refractivity contribution >= 4 is 16.1 Å². The first kappa shape index (κ1) is 19.1. The number of aliphatic hydroxyl groups excluding tert-OH is 1. The smallest absolute Gasteiger partial charge is 0.261 e. The molecule has 20 heavy (non-hydrogen) atoms. The van der Waals surface area contributed by atoms with Crippen LogP contribution in [-0.2, 0) is 10.1 Å². The van der Waals surface area contributed by atoms with Crippen molar-refractivity contribution in [3.05, 3.63) is 0 Å². The monoisotopic (exact) mass is 309 g/mol. The molecule has 1 fully saturated rings. The molecule has 0 saturated heterocycles. The quantitative estimate of drug-likeness (QED) is 0.222. The molecule has 0 radical (unpaired) electrons. The maximum Gasteiger partial charge on any atom is 0.261 e. The molecule has 1 saturated carbocycles. The largest absolute Gasteiger partial charge is 0.396 e. The fourth-order valence-electron chi connectivity index (χ4n) is 1.39. The van der Waals surface area contributed by atoms with Crippen LogP contribution in [0.4, 0.5) is 0 Å². The standard InChI is InChI=1S/C11H23N3O.CH4O3S/c12-11(14-9-10-5-6-10)13-7-3-1-2-4-8-15;1-5(2,3)4/h10,15H,1-9H2,(H3,12,13,14);1H3,(H,2,3,4). The minimum absolute atomic E-state index is 0.304. The lowest BCUT2D eigenvalue weighted by Gasteiger charge is -2.04. The van der Waals surface area contributed by atoms with Crippen LogP contribution in [0.5, 0.6) is 0 Å². The molecule has 1 rings (SSSR count). The molecule has 0 atom stereocenters. The van der Waals surface area contributed by atoms with Gasteiger partial charge < -0.3 is 16.2 Å². The molecule has 8 heteroatoms. The number of unbranched alkanes of at least 4 members (excludes halogenated alkanes) is 3. The number of nitrogens with zero attached hydrogens (tertiary/aromatic N) is 1. The third-order valence-electron chi connectivity index (χ3n) is 2.61. The van der Waals surface area contributed by atoms with Crippen LogP contribution in [0.3, 0.4) is 0 Å². The summed E-state index contributed by atoms with van der Waals surface area (Å²) >= 11 is 0. The number of hydrogen-bond donors (Lipinski definition) is 4. The Kier molecular flexibility index (Phi) is 10.4. The average molecular weight is 309 g/mol. The van der Waals surface area contributed by atoms with Gasteiger partial charge in [0.1, 0.15) is 0 Å². The zero-order chi connectivity index (χ0) is 15.4. The average Bonchev–Trinajstić information content (AvgIpc) is 3.13. The molecule has 1 aliphatic rings. The van der Waals surface area contributed by atoms with Gasteiger partial charge in [-0.2, -0.15) is 8.42 Å². The Bertz CT molecular complexity index is 359. The molecule has 1 aliphatic carbocycles. The maximum absolute atomic E-state index is 9.19. The topological polar surface area (TPSA) is 125 Å². The highest BCUT2D eigenvalue weighted by atomic mass is 32.2. The second-order valence-corrected chi connectivity index (χ2v) is 6.43. The van der Waals surface area contributed by atoms with Gasteiger partial charge in [0.25, 0.3) is 10.1 Å². The molecule has 0 amide bonds. The summed E-state index contributed by atoms with van der Waals surface area (Å²) in [6, 6.07) is 0. The van der Waals surface area contributed by atoms with Gasteiger partial charge in [0, 0.05) is 19.7 Å². The minimum Gasteiger partial charge on any atom is -0.396 e. The van der Waals surface area contributed by atoms with Crippen LogP contribution in [0.1, 0.15) is 38.5 Å². The Morgan fingerprint density at radius 3 is 2.35 bits per heavy atom. The summed E-state index contributed by atoms with van der Waals surface area (Å²) < 4.78 is 25.9. The first-order chi connectivity index (χ1) is 9.33. The van der Waals surface area contributed by atoms with Crippen molar-refractivity contribution in [3.8, 4) is 0 Å². The zero-order valence-corrected chi connectivity index (χ0v) is 12.9. The summed E-state index contributed by atoms with van der Waals surface area (Å²) in [5, 5.41) is 11.7. The highest BCUT2D eigenvalue weighted by Crippen LogP contribution is 2.28. The molecule has 0 aromatic heterocycles. The molecule has 0 aromatic carbocycles. The van der Waals surface area contributed by atoms with E-state index in [1.54, 1.807) is 0 Å². The van der Waals surface area contributed by atoms with Crippen molar-refractivity contribution in [2.24, 2.45) is 16.6 Å². The minimum atomic E-state index is -3.67. The van der Waals surface area contributed by atoms with Gasteiger partial charge in [0.15, 0.2) is 5.96 Å². The summed E-state index contributed by atoms with van der Waals surface area (Å²) in [6.45, 7) is 2.09. The maximum atomic E-state index is 9.19. The van der Waals surface area contributed by atoms with Crippen LogP contribution in [0.15, 0.2) is 4.99 Å². The van der Waals surface area contributed by atoms with Gasteiger partial charge >= 0.3 is 0 Å². The van der Waals surface area contributed by atoms with Crippen molar-refractivity contribution in [2.45, 2.75) is 38.5 Å². The van der Waals surface area contributed by atoms with Gasteiger partial charge in [-0.1, -0.05) is 12.8 Å². The van der Waals surface area contributed by atoms with E-state index in [4.69, 9.17) is 15.4 Å². The Morgan fingerprint density at radius 2 is 1.85 bits per heavy atom. The molecule has 0 aromatic rings. The molecule has 0 spiro atoms. The molecule has 120 valence electrons. The van der Waals surface area contributed by atoms with Gasteiger partial charge in [-0.05, 0) is 31.6 Å². The SMILES string of the molecule is CS(=O)(=O)O.NC(=NCC1CC1)NCCCCCCO. The lowest BCUT2D eigenvalue weighted by molar-refractivity contribution is 0.282. The van der Waals surface area contributed by atoms with E-state index in [-0.39, 0.29) is 0 Å². The van der Waals surface area contributed by atoms with Crippen molar-refractivity contribution in [2.75, 3.05) is 26.0 Å². The summed E-state index contributed by atoms with van der Waals surface area (Å²) in [5.41, 5.74) is 5.69. The first-order valence-corrected chi connectivity index (χ1v) is 8.75. The van der Waals surface area contributed by atoms with Gasteiger partial charge in [0.2, 0.25) is 0 Å². The summed E-state index contributed by atoms with van der Waals surface area (Å²) in [4.78, 5) is 4.26. The summed E-state index contributed by atoms with van der Waals surface area (Å²) in [7, 11) is -3.67. The van der Waals surface area contributed by atoms with Crippen LogP contribution < -0.4 is 11.1 Å². The Balaban J connectivity index is 0.000000621. The van der Waals surface area contributed by atoms with Gasteiger partial charge in [-0.25, -0.2) is 0 Å². The number of aliphatic hydroxyl groups is 1. The Morgan fingerprint density at radius 1 is 1.30 bits per heavy atom. The van der Waals surface area contributed by atoms with Crippen LogP contribution in [0.25, 0.3) is 0 Å². The van der Waals surface area contributed by atoms with Crippen molar-refractivity contribution in [1.82, 2.24) is 5.32 Å². The number of nitrogens with one attached hydrogen (secondary N) is 1.